The lowest BCUT2D eigenvalue weighted by Gasteiger charge is -2.11. The molecule has 0 N–H and O–H groups in total. The van der Waals surface area contributed by atoms with Crippen LogP contribution in [0.25, 0.3) is 11.1 Å². The summed E-state index contributed by atoms with van der Waals surface area (Å²) in [6.07, 6.45) is 2.39. The predicted molar refractivity (Wildman–Crippen MR) is 87.7 cm³/mol. The number of hydrogen-bond donors (Lipinski definition) is 0. The van der Waals surface area contributed by atoms with E-state index in [-0.39, 0.29) is 6.10 Å². The van der Waals surface area contributed by atoms with Gasteiger partial charge in [0.25, 0.3) is 0 Å². The lowest BCUT2D eigenvalue weighted by atomic mass is 10.0. The SMILES string of the molecule is CCCCOc1ccc(-c2ccc(C(C)OC)cc2)cc1. The first-order valence-electron chi connectivity index (χ1n) is 7.60. The van der Waals surface area contributed by atoms with Crippen LogP contribution in [0.2, 0.25) is 0 Å². The molecule has 2 aromatic rings. The molecule has 0 aliphatic rings. The van der Waals surface area contributed by atoms with Crippen molar-refractivity contribution in [3.05, 3.63) is 54.1 Å². The van der Waals surface area contributed by atoms with E-state index in [1.807, 2.05) is 12.1 Å². The van der Waals surface area contributed by atoms with E-state index in [4.69, 9.17) is 9.47 Å². The normalized spacial score (nSPS) is 12.1. The zero-order valence-corrected chi connectivity index (χ0v) is 13.1. The number of unbranched alkanes of at least 4 members (excludes halogenated alkanes) is 1. The van der Waals surface area contributed by atoms with Crippen molar-refractivity contribution < 1.29 is 9.47 Å². The molecule has 0 aliphatic heterocycles. The molecule has 1 unspecified atom stereocenters. The fourth-order valence-corrected chi connectivity index (χ4v) is 2.16. The van der Waals surface area contributed by atoms with Crippen molar-refractivity contribution in [3.63, 3.8) is 0 Å². The maximum atomic E-state index is 5.69. The minimum Gasteiger partial charge on any atom is -0.494 e. The minimum atomic E-state index is 0.133. The molecule has 1 atom stereocenters. The zero-order valence-electron chi connectivity index (χ0n) is 13.1. The third kappa shape index (κ3) is 4.33. The van der Waals surface area contributed by atoms with Gasteiger partial charge in [-0.25, -0.2) is 0 Å². The van der Waals surface area contributed by atoms with Gasteiger partial charge >= 0.3 is 0 Å². The van der Waals surface area contributed by atoms with Gasteiger partial charge in [0.1, 0.15) is 5.75 Å². The summed E-state index contributed by atoms with van der Waals surface area (Å²) < 4.78 is 11.0. The van der Waals surface area contributed by atoms with Crippen LogP contribution in [0.3, 0.4) is 0 Å². The van der Waals surface area contributed by atoms with Crippen LogP contribution in [0.15, 0.2) is 48.5 Å². The first-order chi connectivity index (χ1) is 10.2. The second kappa shape index (κ2) is 7.84. The summed E-state index contributed by atoms with van der Waals surface area (Å²) in [5.41, 5.74) is 3.61. The minimum absolute atomic E-state index is 0.133. The number of ether oxygens (including phenoxy) is 2. The van der Waals surface area contributed by atoms with Gasteiger partial charge in [0.15, 0.2) is 0 Å². The molecular formula is C19H24O2. The second-order valence-electron chi connectivity index (χ2n) is 5.23. The fraction of sp³-hybridized carbons (Fsp3) is 0.368. The van der Waals surface area contributed by atoms with Gasteiger partial charge in [0.05, 0.1) is 12.7 Å². The van der Waals surface area contributed by atoms with Crippen LogP contribution in [-0.4, -0.2) is 13.7 Å². The molecule has 2 nitrogen and oxygen atoms in total. The third-order valence-corrected chi connectivity index (χ3v) is 3.69. The van der Waals surface area contributed by atoms with Gasteiger partial charge in [-0.1, -0.05) is 49.7 Å². The fourth-order valence-electron chi connectivity index (χ4n) is 2.16. The Balaban J connectivity index is 2.04. The van der Waals surface area contributed by atoms with Gasteiger partial charge in [-0.15, -0.1) is 0 Å². The van der Waals surface area contributed by atoms with Gasteiger partial charge in [0, 0.05) is 7.11 Å². The summed E-state index contributed by atoms with van der Waals surface area (Å²) in [4.78, 5) is 0. The summed E-state index contributed by atoms with van der Waals surface area (Å²) in [6.45, 7) is 5.01. The van der Waals surface area contributed by atoms with Gasteiger partial charge in [-0.05, 0) is 42.2 Å². The van der Waals surface area contributed by atoms with Crippen LogP contribution < -0.4 is 4.74 Å². The topological polar surface area (TPSA) is 18.5 Å². The highest BCUT2D eigenvalue weighted by molar-refractivity contribution is 5.64. The lowest BCUT2D eigenvalue weighted by molar-refractivity contribution is 0.119. The summed E-state index contributed by atoms with van der Waals surface area (Å²) in [5.74, 6) is 0.942. The Hall–Kier alpha value is -1.80. The molecule has 0 aliphatic carbocycles. The third-order valence-electron chi connectivity index (χ3n) is 3.69. The summed E-state index contributed by atoms with van der Waals surface area (Å²) in [6, 6.07) is 16.8. The van der Waals surface area contributed by atoms with E-state index in [2.05, 4.69) is 50.2 Å². The van der Waals surface area contributed by atoms with Crippen molar-refractivity contribution in [3.8, 4) is 16.9 Å². The smallest absolute Gasteiger partial charge is 0.119 e. The summed E-state index contributed by atoms with van der Waals surface area (Å²) in [7, 11) is 1.73. The van der Waals surface area contributed by atoms with Crippen molar-refractivity contribution in [2.24, 2.45) is 0 Å². The number of rotatable bonds is 7. The van der Waals surface area contributed by atoms with Crippen molar-refractivity contribution in [2.75, 3.05) is 13.7 Å². The van der Waals surface area contributed by atoms with Crippen LogP contribution in [-0.2, 0) is 4.74 Å². The first kappa shape index (κ1) is 15.6. The molecule has 2 aromatic carbocycles. The highest BCUT2D eigenvalue weighted by Gasteiger charge is 2.04. The molecule has 0 amide bonds. The Kier molecular flexibility index (Phi) is 5.82. The number of benzene rings is 2. The average molecular weight is 284 g/mol. The molecular weight excluding hydrogens is 260 g/mol. The number of methoxy groups -OCH3 is 1. The van der Waals surface area contributed by atoms with Crippen LogP contribution in [0.5, 0.6) is 5.75 Å². The largest absolute Gasteiger partial charge is 0.494 e. The molecule has 0 saturated carbocycles. The van der Waals surface area contributed by atoms with Crippen LogP contribution in [0.4, 0.5) is 0 Å². The van der Waals surface area contributed by atoms with E-state index in [1.54, 1.807) is 7.11 Å². The molecule has 21 heavy (non-hydrogen) atoms. The Bertz CT molecular complexity index is 528. The molecule has 0 radical (unpaired) electrons. The second-order valence-corrected chi connectivity index (χ2v) is 5.23. The Morgan fingerprint density at radius 1 is 0.905 bits per heavy atom. The quantitative estimate of drug-likeness (QED) is 0.647. The molecule has 0 bridgehead atoms. The molecule has 2 rings (SSSR count). The van der Waals surface area contributed by atoms with Crippen molar-refractivity contribution in [2.45, 2.75) is 32.8 Å². The number of hydrogen-bond acceptors (Lipinski definition) is 2. The average Bonchev–Trinajstić information content (AvgIpc) is 2.55. The molecule has 0 heterocycles. The highest BCUT2D eigenvalue weighted by atomic mass is 16.5. The molecule has 2 heteroatoms. The molecule has 112 valence electrons. The summed E-state index contributed by atoms with van der Waals surface area (Å²) >= 11 is 0. The summed E-state index contributed by atoms with van der Waals surface area (Å²) in [5, 5.41) is 0. The maximum absolute atomic E-state index is 5.69. The van der Waals surface area contributed by atoms with Crippen molar-refractivity contribution in [1.82, 2.24) is 0 Å². The van der Waals surface area contributed by atoms with Crippen LogP contribution in [0, 0.1) is 0 Å². The zero-order chi connectivity index (χ0) is 15.1. The highest BCUT2D eigenvalue weighted by Crippen LogP contribution is 2.25. The van der Waals surface area contributed by atoms with Crippen LogP contribution >= 0.6 is 0 Å². The van der Waals surface area contributed by atoms with Gasteiger partial charge in [0.2, 0.25) is 0 Å². The standard InChI is InChI=1S/C19H24O2/c1-4-5-14-21-19-12-10-18(11-13-19)17-8-6-16(7-9-17)15(2)20-3/h6-13,15H,4-5,14H2,1-3H3. The van der Waals surface area contributed by atoms with Gasteiger partial charge in [-0.3, -0.25) is 0 Å². The van der Waals surface area contributed by atoms with Crippen LogP contribution in [0.1, 0.15) is 38.4 Å². The van der Waals surface area contributed by atoms with E-state index < -0.39 is 0 Å². The Labute approximate surface area is 127 Å². The van der Waals surface area contributed by atoms with Gasteiger partial charge in [-0.2, -0.15) is 0 Å². The Morgan fingerprint density at radius 3 is 2.00 bits per heavy atom. The van der Waals surface area contributed by atoms with E-state index in [0.717, 1.165) is 25.2 Å². The first-order valence-corrected chi connectivity index (χ1v) is 7.60. The van der Waals surface area contributed by atoms with Crippen molar-refractivity contribution >= 4 is 0 Å². The lowest BCUT2D eigenvalue weighted by Crippen LogP contribution is -1.96. The van der Waals surface area contributed by atoms with E-state index >= 15 is 0 Å². The molecule has 0 aromatic heterocycles. The van der Waals surface area contributed by atoms with E-state index in [9.17, 15) is 0 Å². The van der Waals surface area contributed by atoms with E-state index in [0.29, 0.717) is 0 Å². The predicted octanol–water partition coefficient (Wildman–Crippen LogP) is 5.24. The molecule has 0 saturated heterocycles. The van der Waals surface area contributed by atoms with Gasteiger partial charge < -0.3 is 9.47 Å². The monoisotopic (exact) mass is 284 g/mol. The molecule has 0 spiro atoms. The molecule has 0 fully saturated rings. The van der Waals surface area contributed by atoms with Crippen molar-refractivity contribution in [1.29, 1.82) is 0 Å². The van der Waals surface area contributed by atoms with E-state index in [1.165, 1.54) is 16.7 Å². The maximum Gasteiger partial charge on any atom is 0.119 e. The Morgan fingerprint density at radius 2 is 1.48 bits per heavy atom.